The van der Waals surface area contributed by atoms with Gasteiger partial charge in [0.05, 0.1) is 0 Å². The lowest BCUT2D eigenvalue weighted by Gasteiger charge is -2.45. The van der Waals surface area contributed by atoms with E-state index in [1.54, 1.807) is 47.5 Å². The molecule has 0 unspecified atom stereocenters. The van der Waals surface area contributed by atoms with Crippen molar-refractivity contribution in [2.24, 2.45) is 5.41 Å². The number of nitrogens with one attached hydrogen (secondary N) is 1. The predicted octanol–water partition coefficient (Wildman–Crippen LogP) is 2.85. The van der Waals surface area contributed by atoms with Crippen LogP contribution in [0.3, 0.4) is 0 Å². The third-order valence-electron chi connectivity index (χ3n) is 5.34. The zero-order valence-electron chi connectivity index (χ0n) is 17.4. The average Bonchev–Trinajstić information content (AvgIpc) is 2.73. The fourth-order valence-corrected chi connectivity index (χ4v) is 3.92. The van der Waals surface area contributed by atoms with Crippen LogP contribution in [0.5, 0.6) is 0 Å². The lowest BCUT2D eigenvalue weighted by molar-refractivity contribution is -0.142. The maximum atomic E-state index is 13.1. The molecule has 1 fully saturated rings. The standard InChI is InChI=1S/C23H23ClN4O3/c1-23(2)13-27(14-23)19(29)12-28-20-16(4-3-9-25-20)10-18(22(28)31)21(30)26-11-15-5-7-17(24)8-6-15/h3-10H,11-14H2,1-2H3,(H,26,30). The van der Waals surface area contributed by atoms with Gasteiger partial charge in [0.1, 0.15) is 17.8 Å². The van der Waals surface area contributed by atoms with Crippen LogP contribution in [0.2, 0.25) is 5.02 Å². The van der Waals surface area contributed by atoms with Gasteiger partial charge in [-0.1, -0.05) is 37.6 Å². The average molecular weight is 439 g/mol. The Morgan fingerprint density at radius 3 is 2.55 bits per heavy atom. The van der Waals surface area contributed by atoms with Gasteiger partial charge in [0.15, 0.2) is 0 Å². The van der Waals surface area contributed by atoms with Crippen molar-refractivity contribution in [3.8, 4) is 0 Å². The number of benzene rings is 1. The summed E-state index contributed by atoms with van der Waals surface area (Å²) in [5.74, 6) is -0.663. The number of nitrogens with zero attached hydrogens (tertiary/aromatic N) is 3. The third kappa shape index (κ3) is 4.46. The molecule has 0 aliphatic carbocycles. The minimum absolute atomic E-state index is 0.0220. The summed E-state index contributed by atoms with van der Waals surface area (Å²) in [6.07, 6.45) is 1.57. The monoisotopic (exact) mass is 438 g/mol. The first-order valence-electron chi connectivity index (χ1n) is 10.0. The molecule has 0 spiro atoms. The molecule has 0 radical (unpaired) electrons. The molecule has 160 valence electrons. The topological polar surface area (TPSA) is 84.3 Å². The number of hydrogen-bond donors (Lipinski definition) is 1. The van der Waals surface area contributed by atoms with Crippen LogP contribution in [-0.2, 0) is 17.9 Å². The Balaban J connectivity index is 1.61. The van der Waals surface area contributed by atoms with Gasteiger partial charge in [-0.25, -0.2) is 4.98 Å². The fourth-order valence-electron chi connectivity index (χ4n) is 3.79. The van der Waals surface area contributed by atoms with E-state index in [2.05, 4.69) is 24.1 Å². The summed E-state index contributed by atoms with van der Waals surface area (Å²) in [7, 11) is 0. The van der Waals surface area contributed by atoms with Crippen LogP contribution in [0.4, 0.5) is 0 Å². The first kappa shape index (κ1) is 21.1. The Morgan fingerprint density at radius 2 is 1.87 bits per heavy atom. The predicted molar refractivity (Wildman–Crippen MR) is 119 cm³/mol. The highest BCUT2D eigenvalue weighted by atomic mass is 35.5. The molecule has 8 heteroatoms. The summed E-state index contributed by atoms with van der Waals surface area (Å²) in [4.78, 5) is 44.7. The van der Waals surface area contributed by atoms with Gasteiger partial charge in [-0.05, 0) is 41.3 Å². The number of carbonyl (C=O) groups is 2. The van der Waals surface area contributed by atoms with Gasteiger partial charge >= 0.3 is 0 Å². The Labute approximate surface area is 184 Å². The summed E-state index contributed by atoms with van der Waals surface area (Å²) >= 11 is 5.89. The van der Waals surface area contributed by atoms with Crippen molar-refractivity contribution in [2.45, 2.75) is 26.9 Å². The van der Waals surface area contributed by atoms with E-state index < -0.39 is 11.5 Å². The zero-order valence-corrected chi connectivity index (χ0v) is 18.1. The van der Waals surface area contributed by atoms with Crippen LogP contribution < -0.4 is 10.9 Å². The van der Waals surface area contributed by atoms with E-state index in [4.69, 9.17) is 11.6 Å². The smallest absolute Gasteiger partial charge is 0.265 e. The third-order valence-corrected chi connectivity index (χ3v) is 5.59. The Kier molecular flexibility index (Phi) is 5.54. The molecular weight excluding hydrogens is 416 g/mol. The highest BCUT2D eigenvalue weighted by Crippen LogP contribution is 2.28. The molecule has 31 heavy (non-hydrogen) atoms. The first-order valence-corrected chi connectivity index (χ1v) is 10.4. The summed E-state index contributed by atoms with van der Waals surface area (Å²) in [5.41, 5.74) is 0.773. The summed E-state index contributed by atoms with van der Waals surface area (Å²) in [6.45, 7) is 5.57. The number of halogens is 1. The fraction of sp³-hybridized carbons (Fsp3) is 0.304. The Hall–Kier alpha value is -3.19. The summed E-state index contributed by atoms with van der Waals surface area (Å²) < 4.78 is 1.29. The molecule has 0 bridgehead atoms. The number of pyridine rings is 2. The van der Waals surface area contributed by atoms with E-state index in [0.717, 1.165) is 5.56 Å². The van der Waals surface area contributed by atoms with Crippen molar-refractivity contribution in [1.29, 1.82) is 0 Å². The van der Waals surface area contributed by atoms with Crippen molar-refractivity contribution in [3.63, 3.8) is 0 Å². The van der Waals surface area contributed by atoms with Crippen molar-refractivity contribution in [3.05, 3.63) is 75.2 Å². The maximum absolute atomic E-state index is 13.1. The van der Waals surface area contributed by atoms with Crippen LogP contribution in [0.25, 0.3) is 11.0 Å². The van der Waals surface area contributed by atoms with Crippen molar-refractivity contribution >= 4 is 34.4 Å². The second-order valence-electron chi connectivity index (χ2n) is 8.59. The van der Waals surface area contributed by atoms with Crippen LogP contribution >= 0.6 is 11.6 Å². The Bertz CT molecular complexity index is 1210. The number of aromatic nitrogens is 2. The highest BCUT2D eigenvalue weighted by Gasteiger charge is 2.37. The van der Waals surface area contributed by atoms with Crippen molar-refractivity contribution in [1.82, 2.24) is 19.8 Å². The second kappa shape index (κ2) is 8.15. The van der Waals surface area contributed by atoms with Crippen LogP contribution in [0.1, 0.15) is 29.8 Å². The SMILES string of the molecule is CC1(C)CN(C(=O)Cn2c(=O)c(C(=O)NCc3ccc(Cl)cc3)cc3cccnc32)C1. The number of fused-ring (bicyclic) bond motifs is 1. The van der Waals surface area contributed by atoms with Crippen LogP contribution in [0, 0.1) is 5.41 Å². The van der Waals surface area contributed by atoms with Gasteiger partial charge in [0.25, 0.3) is 11.5 Å². The first-order chi connectivity index (χ1) is 14.7. The molecule has 3 heterocycles. The minimum Gasteiger partial charge on any atom is -0.348 e. The lowest BCUT2D eigenvalue weighted by Crippen LogP contribution is -2.56. The van der Waals surface area contributed by atoms with E-state index in [0.29, 0.717) is 29.1 Å². The molecule has 1 saturated heterocycles. The van der Waals surface area contributed by atoms with E-state index in [9.17, 15) is 14.4 Å². The van der Waals surface area contributed by atoms with Gasteiger partial charge < -0.3 is 10.2 Å². The van der Waals surface area contributed by atoms with Gasteiger partial charge in [-0.15, -0.1) is 0 Å². The minimum atomic E-state index is -0.534. The molecule has 2 amide bonds. The van der Waals surface area contributed by atoms with E-state index in [1.807, 2.05) is 0 Å². The number of carbonyl (C=O) groups excluding carboxylic acids is 2. The van der Waals surface area contributed by atoms with Gasteiger partial charge in [0, 0.05) is 36.2 Å². The normalized spacial score (nSPS) is 14.9. The summed E-state index contributed by atoms with van der Waals surface area (Å²) in [5, 5.41) is 3.99. The molecule has 7 nitrogen and oxygen atoms in total. The van der Waals surface area contributed by atoms with Gasteiger partial charge in [0.2, 0.25) is 5.91 Å². The molecule has 1 N–H and O–H groups in total. The molecule has 0 atom stereocenters. The van der Waals surface area contributed by atoms with E-state index in [1.165, 1.54) is 10.6 Å². The molecule has 1 aromatic carbocycles. The number of amides is 2. The molecule has 0 saturated carbocycles. The van der Waals surface area contributed by atoms with Gasteiger partial charge in [-0.2, -0.15) is 0 Å². The van der Waals surface area contributed by atoms with Crippen LogP contribution in [-0.4, -0.2) is 39.4 Å². The number of likely N-dealkylation sites (tertiary alicyclic amines) is 1. The number of rotatable bonds is 5. The van der Waals surface area contributed by atoms with Crippen molar-refractivity contribution < 1.29 is 9.59 Å². The quantitative estimate of drug-likeness (QED) is 0.663. The number of hydrogen-bond acceptors (Lipinski definition) is 4. The molecule has 1 aliphatic rings. The van der Waals surface area contributed by atoms with Crippen molar-refractivity contribution in [2.75, 3.05) is 13.1 Å². The summed E-state index contributed by atoms with van der Waals surface area (Å²) in [6, 6.07) is 12.1. The maximum Gasteiger partial charge on any atom is 0.265 e. The Morgan fingerprint density at radius 1 is 1.16 bits per heavy atom. The van der Waals surface area contributed by atoms with Gasteiger partial charge in [-0.3, -0.25) is 19.0 Å². The second-order valence-corrected chi connectivity index (χ2v) is 9.03. The van der Waals surface area contributed by atoms with E-state index >= 15 is 0 Å². The lowest BCUT2D eigenvalue weighted by atomic mass is 9.84. The largest absolute Gasteiger partial charge is 0.348 e. The molecule has 2 aromatic heterocycles. The zero-order chi connectivity index (χ0) is 22.2. The van der Waals surface area contributed by atoms with E-state index in [-0.39, 0.29) is 30.0 Å². The highest BCUT2D eigenvalue weighted by molar-refractivity contribution is 6.30. The van der Waals surface area contributed by atoms with Crippen LogP contribution in [0.15, 0.2) is 53.5 Å². The molecule has 4 rings (SSSR count). The molecule has 3 aromatic rings. The molecule has 1 aliphatic heterocycles. The molecular formula is C23H23ClN4O3.